The normalized spacial score (nSPS) is 23.2. The molecule has 6 N–H and O–H groups in total. The minimum absolute atomic E-state index is 0.00393. The molecule has 0 radical (unpaired) electrons. The van der Waals surface area contributed by atoms with E-state index in [2.05, 4.69) is 15.6 Å². The highest BCUT2D eigenvalue weighted by atomic mass is 19.4. The van der Waals surface area contributed by atoms with Gasteiger partial charge in [0.15, 0.2) is 0 Å². The number of aliphatic hydroxyl groups is 1. The van der Waals surface area contributed by atoms with E-state index in [1.54, 1.807) is 31.2 Å². The number of hydrogen-bond acceptors (Lipinski definition) is 7. The molecule has 208 valence electrons. The van der Waals surface area contributed by atoms with Crippen LogP contribution in [0.4, 0.5) is 24.9 Å². The summed E-state index contributed by atoms with van der Waals surface area (Å²) in [6, 6.07) is 7.77. The third-order valence-electron chi connectivity index (χ3n) is 8.23. The topological polar surface area (TPSA) is 162 Å². The van der Waals surface area contributed by atoms with Gasteiger partial charge in [-0.05, 0) is 44.6 Å². The minimum atomic E-state index is -4.24. The number of aromatic nitrogens is 3. The molecule has 2 amide bonds. The van der Waals surface area contributed by atoms with Crippen molar-refractivity contribution in [1.29, 1.82) is 0 Å². The number of fused-ring (bicyclic) bond motifs is 2. The third kappa shape index (κ3) is 4.54. The van der Waals surface area contributed by atoms with E-state index < -0.39 is 34.9 Å². The molecule has 2 fully saturated rings. The van der Waals surface area contributed by atoms with E-state index in [0.29, 0.717) is 29.7 Å². The lowest BCUT2D eigenvalue weighted by molar-refractivity contribution is -0.220. The van der Waals surface area contributed by atoms with Crippen molar-refractivity contribution in [2.24, 2.45) is 11.1 Å². The smallest absolute Gasteiger partial charge is 0.394 e. The fourth-order valence-corrected chi connectivity index (χ4v) is 5.98. The molecular weight excluding hydrogens is 517 g/mol. The van der Waals surface area contributed by atoms with Gasteiger partial charge >= 0.3 is 6.18 Å². The molecule has 1 unspecified atom stereocenters. The van der Waals surface area contributed by atoms with E-state index in [1.807, 2.05) is 0 Å². The number of halogens is 3. The van der Waals surface area contributed by atoms with Gasteiger partial charge in [0.25, 0.3) is 5.91 Å². The number of hydrogen-bond donors (Lipinski definition) is 4. The maximum atomic E-state index is 13.6. The molecule has 2 aromatic heterocycles. The Morgan fingerprint density at radius 3 is 2.44 bits per heavy atom. The van der Waals surface area contributed by atoms with Crippen molar-refractivity contribution in [3.63, 3.8) is 0 Å². The molecular formula is C26H29F3N6O4. The Kier molecular flexibility index (Phi) is 6.44. The average molecular weight is 547 g/mol. The van der Waals surface area contributed by atoms with Crippen molar-refractivity contribution < 1.29 is 32.4 Å². The van der Waals surface area contributed by atoms with Crippen LogP contribution in [-0.4, -0.2) is 44.6 Å². The van der Waals surface area contributed by atoms with Crippen LogP contribution in [0.2, 0.25) is 0 Å². The van der Waals surface area contributed by atoms with E-state index in [9.17, 15) is 27.9 Å². The molecule has 0 saturated heterocycles. The average Bonchev–Trinajstić information content (AvgIpc) is 3.66. The minimum Gasteiger partial charge on any atom is -0.394 e. The van der Waals surface area contributed by atoms with Gasteiger partial charge in [-0.15, -0.1) is 0 Å². The van der Waals surface area contributed by atoms with Crippen molar-refractivity contribution in [2.45, 2.75) is 63.1 Å². The van der Waals surface area contributed by atoms with Crippen LogP contribution in [0, 0.1) is 5.41 Å². The zero-order valence-electron chi connectivity index (χ0n) is 21.2. The van der Waals surface area contributed by atoms with E-state index in [4.69, 9.17) is 16.0 Å². The Hall–Kier alpha value is -3.87. The lowest BCUT2D eigenvalue weighted by Crippen LogP contribution is -2.33. The number of primary amides is 1. The quantitative estimate of drug-likeness (QED) is 0.335. The number of alkyl halides is 3. The Morgan fingerprint density at radius 1 is 1.21 bits per heavy atom. The maximum absolute atomic E-state index is 13.6. The summed E-state index contributed by atoms with van der Waals surface area (Å²) in [6.45, 7) is 1.45. The molecule has 1 aromatic carbocycles. The first-order chi connectivity index (χ1) is 18.4. The summed E-state index contributed by atoms with van der Waals surface area (Å²) in [5.41, 5.74) is 11.2. The highest BCUT2D eigenvalue weighted by Crippen LogP contribution is 2.67. The number of carbonyl (C=O) groups is 2. The number of nitrogens with two attached hydrogens (primary N) is 2. The lowest BCUT2D eigenvalue weighted by atomic mass is 9.80. The van der Waals surface area contributed by atoms with Crippen LogP contribution >= 0.6 is 0 Å². The molecule has 2 aliphatic rings. The van der Waals surface area contributed by atoms with Gasteiger partial charge in [-0.25, -0.2) is 4.68 Å². The van der Waals surface area contributed by atoms with Crippen LogP contribution in [0.15, 0.2) is 34.9 Å². The summed E-state index contributed by atoms with van der Waals surface area (Å²) in [6.07, 6.45) is -3.33. The van der Waals surface area contributed by atoms with Gasteiger partial charge in [0, 0.05) is 17.0 Å². The van der Waals surface area contributed by atoms with Gasteiger partial charge in [0.05, 0.1) is 30.2 Å². The van der Waals surface area contributed by atoms with Crippen LogP contribution in [-0.2, 0) is 16.6 Å². The number of aliphatic hydroxyl groups excluding tert-OH is 1. The number of carbonyl (C=O) groups excluding carboxylic acids is 2. The van der Waals surface area contributed by atoms with Crippen molar-refractivity contribution in [3.05, 3.63) is 47.2 Å². The first kappa shape index (κ1) is 26.7. The SMILES string of the molecule is CC(CO)n1nc(-c2ccc(CC(=O)Nc3cc(C45CCC(C(F)(F)F)(CC4)C5)no3)cc2)c(C(N)=O)c1N. The fourth-order valence-electron chi connectivity index (χ4n) is 5.98. The standard InChI is InChI=1S/C26H29F3N6O4/c1-14(12-36)35-22(30)20(23(31)38)21(33-35)16-4-2-15(3-5-16)10-18(37)32-19-11-17(34-39-19)24-6-8-25(13-24,9-7-24)26(27,28)29/h2-5,11,14,36H,6-10,12-13,30H2,1H3,(H2,31,38)(H,32,37). The Bertz CT molecular complexity index is 1400. The summed E-state index contributed by atoms with van der Waals surface area (Å²) < 4.78 is 47.4. The molecule has 39 heavy (non-hydrogen) atoms. The number of nitrogen functional groups attached to an aromatic ring is 1. The maximum Gasteiger partial charge on any atom is 0.394 e. The molecule has 3 aromatic rings. The second kappa shape index (κ2) is 9.40. The Labute approximate surface area is 221 Å². The van der Waals surface area contributed by atoms with Crippen LogP contribution in [0.5, 0.6) is 0 Å². The molecule has 0 aliphatic heterocycles. The molecule has 0 spiro atoms. The van der Waals surface area contributed by atoms with Gasteiger partial charge < -0.3 is 21.1 Å². The van der Waals surface area contributed by atoms with Crippen LogP contribution in [0.25, 0.3) is 11.3 Å². The second-order valence-electron chi connectivity index (χ2n) is 10.7. The van der Waals surface area contributed by atoms with E-state index in [1.165, 1.54) is 10.7 Å². The van der Waals surface area contributed by atoms with E-state index >= 15 is 0 Å². The number of nitrogens with one attached hydrogen (secondary N) is 1. The Balaban J connectivity index is 1.26. The number of rotatable bonds is 8. The summed E-state index contributed by atoms with van der Waals surface area (Å²) >= 11 is 0. The van der Waals surface area contributed by atoms with Crippen LogP contribution < -0.4 is 16.8 Å². The lowest BCUT2D eigenvalue weighted by Gasteiger charge is -2.29. The number of amides is 2. The van der Waals surface area contributed by atoms with Gasteiger partial charge in [-0.2, -0.15) is 18.3 Å². The second-order valence-corrected chi connectivity index (χ2v) is 10.7. The summed E-state index contributed by atoms with van der Waals surface area (Å²) in [5, 5.41) is 20.4. The van der Waals surface area contributed by atoms with Gasteiger partial charge in [0.1, 0.15) is 17.1 Å². The van der Waals surface area contributed by atoms with E-state index in [-0.39, 0.29) is 55.2 Å². The highest BCUT2D eigenvalue weighted by Gasteiger charge is 2.67. The summed E-state index contributed by atoms with van der Waals surface area (Å²) in [4.78, 5) is 24.7. The number of nitrogens with zero attached hydrogens (tertiary/aromatic N) is 3. The zero-order chi connectivity index (χ0) is 28.2. The van der Waals surface area contributed by atoms with Crippen molar-refractivity contribution in [3.8, 4) is 11.3 Å². The number of benzene rings is 1. The van der Waals surface area contributed by atoms with Crippen LogP contribution in [0.1, 0.15) is 66.7 Å². The van der Waals surface area contributed by atoms with Crippen molar-refractivity contribution in [2.75, 3.05) is 17.7 Å². The van der Waals surface area contributed by atoms with Crippen molar-refractivity contribution >= 4 is 23.5 Å². The molecule has 2 aliphatic carbocycles. The van der Waals surface area contributed by atoms with Gasteiger partial charge in [-0.3, -0.25) is 14.9 Å². The first-order valence-electron chi connectivity index (χ1n) is 12.6. The summed E-state index contributed by atoms with van der Waals surface area (Å²) in [7, 11) is 0. The predicted octanol–water partition coefficient (Wildman–Crippen LogP) is 3.72. The monoisotopic (exact) mass is 546 g/mol. The molecule has 2 heterocycles. The van der Waals surface area contributed by atoms with Gasteiger partial charge in [-0.1, -0.05) is 29.4 Å². The zero-order valence-corrected chi connectivity index (χ0v) is 21.2. The number of anilines is 2. The Morgan fingerprint density at radius 2 is 1.87 bits per heavy atom. The first-order valence-corrected chi connectivity index (χ1v) is 12.6. The molecule has 1 atom stereocenters. The molecule has 13 heteroatoms. The van der Waals surface area contributed by atoms with Crippen molar-refractivity contribution in [1.82, 2.24) is 14.9 Å². The molecule has 5 rings (SSSR count). The molecule has 10 nitrogen and oxygen atoms in total. The highest BCUT2D eigenvalue weighted by molar-refractivity contribution is 6.03. The van der Waals surface area contributed by atoms with Crippen LogP contribution in [0.3, 0.4) is 0 Å². The predicted molar refractivity (Wildman–Crippen MR) is 134 cm³/mol. The summed E-state index contributed by atoms with van der Waals surface area (Å²) in [5.74, 6) is -1.02. The largest absolute Gasteiger partial charge is 0.394 e. The third-order valence-corrected chi connectivity index (χ3v) is 8.23. The van der Waals surface area contributed by atoms with E-state index in [0.717, 1.165) is 0 Å². The molecule has 2 saturated carbocycles. The van der Waals surface area contributed by atoms with Gasteiger partial charge in [0.2, 0.25) is 11.8 Å². The fraction of sp³-hybridized carbons (Fsp3) is 0.462. The molecule has 2 bridgehead atoms.